The minimum absolute atomic E-state index is 0.0472. The predicted molar refractivity (Wildman–Crippen MR) is 136 cm³/mol. The number of fused-ring (bicyclic) bond motifs is 1. The smallest absolute Gasteiger partial charge is 0.450 e. The second kappa shape index (κ2) is 10.5. The van der Waals surface area contributed by atoms with Gasteiger partial charge in [-0.05, 0) is 55.3 Å². The van der Waals surface area contributed by atoms with E-state index in [1.807, 2.05) is 26.0 Å². The number of anilines is 1. The van der Waals surface area contributed by atoms with Crippen LogP contribution < -0.4 is 25.0 Å². The molecule has 198 valence electrons. The number of halogens is 3. The molecule has 1 amide bonds. The molecule has 1 aromatic heterocycles. The highest BCUT2D eigenvalue weighted by atomic mass is 19.4. The number of carbonyl (C=O) groups is 1. The van der Waals surface area contributed by atoms with Crippen LogP contribution >= 0.6 is 0 Å². The number of carbonyl (C=O) groups excluding carboxylic acids is 1. The van der Waals surface area contributed by atoms with Crippen molar-refractivity contribution in [3.8, 4) is 28.4 Å². The zero-order valence-electron chi connectivity index (χ0n) is 21.0. The molecule has 38 heavy (non-hydrogen) atoms. The van der Waals surface area contributed by atoms with E-state index in [2.05, 4.69) is 5.32 Å². The van der Waals surface area contributed by atoms with E-state index in [4.69, 9.17) is 18.6 Å². The molecule has 0 saturated carbocycles. The summed E-state index contributed by atoms with van der Waals surface area (Å²) in [7, 11) is 2.72. The van der Waals surface area contributed by atoms with E-state index in [0.29, 0.717) is 11.4 Å². The summed E-state index contributed by atoms with van der Waals surface area (Å²) < 4.78 is 63.0. The molecular formula is C28H24F3NO6. The van der Waals surface area contributed by atoms with Crippen LogP contribution in [0, 0.1) is 13.8 Å². The molecule has 0 aliphatic carbocycles. The van der Waals surface area contributed by atoms with Gasteiger partial charge in [0.05, 0.1) is 25.2 Å². The quantitative estimate of drug-likeness (QED) is 0.311. The number of benzene rings is 3. The molecule has 0 atom stereocenters. The first-order valence-electron chi connectivity index (χ1n) is 11.4. The van der Waals surface area contributed by atoms with Gasteiger partial charge in [0, 0.05) is 11.8 Å². The van der Waals surface area contributed by atoms with Crippen LogP contribution in [0.25, 0.3) is 22.1 Å². The molecule has 1 N–H and O–H groups in total. The predicted octanol–water partition coefficient (Wildman–Crippen LogP) is 6.13. The lowest BCUT2D eigenvalue weighted by molar-refractivity contribution is -0.152. The first kappa shape index (κ1) is 26.6. The summed E-state index contributed by atoms with van der Waals surface area (Å²) in [5.74, 6) is -1.42. The molecule has 0 aliphatic rings. The number of aryl methyl sites for hydroxylation is 2. The van der Waals surface area contributed by atoms with Crippen LogP contribution in [-0.2, 0) is 11.0 Å². The molecular weight excluding hydrogens is 503 g/mol. The lowest BCUT2D eigenvalue weighted by Gasteiger charge is -2.15. The van der Waals surface area contributed by atoms with Gasteiger partial charge < -0.3 is 23.9 Å². The van der Waals surface area contributed by atoms with Gasteiger partial charge in [0.25, 0.3) is 5.91 Å². The third kappa shape index (κ3) is 5.44. The average Bonchev–Trinajstić information content (AvgIpc) is 2.88. The van der Waals surface area contributed by atoms with Crippen molar-refractivity contribution in [2.24, 2.45) is 0 Å². The highest BCUT2D eigenvalue weighted by Gasteiger charge is 2.39. The van der Waals surface area contributed by atoms with Crippen molar-refractivity contribution >= 4 is 22.6 Å². The van der Waals surface area contributed by atoms with Crippen LogP contribution in [0.5, 0.6) is 17.2 Å². The Morgan fingerprint density at radius 3 is 2.34 bits per heavy atom. The standard InChI is InChI=1S/C28H24F3NO6/c1-15-5-9-20(16(2)11-15)32-24(33)14-37-18-7-8-19-22(13-18)38-27(28(29,30)31)25(26(19)34)17-6-10-21(35-3)23(12-17)36-4/h5-13H,14H2,1-4H3,(H,32,33). The van der Waals surface area contributed by atoms with E-state index in [9.17, 15) is 22.8 Å². The number of hydrogen-bond donors (Lipinski definition) is 1. The molecule has 10 heteroatoms. The van der Waals surface area contributed by atoms with Crippen molar-refractivity contribution in [3.63, 3.8) is 0 Å². The third-order valence-electron chi connectivity index (χ3n) is 5.82. The second-order valence-electron chi connectivity index (χ2n) is 8.52. The Hall–Kier alpha value is -4.47. The van der Waals surface area contributed by atoms with Crippen molar-refractivity contribution in [2.75, 3.05) is 26.1 Å². The van der Waals surface area contributed by atoms with E-state index in [-0.39, 0.29) is 28.0 Å². The van der Waals surface area contributed by atoms with E-state index in [0.717, 1.165) is 17.2 Å². The summed E-state index contributed by atoms with van der Waals surface area (Å²) in [4.78, 5) is 25.6. The molecule has 0 bridgehead atoms. The summed E-state index contributed by atoms with van der Waals surface area (Å²) in [6.45, 7) is 3.38. The maximum Gasteiger partial charge on any atom is 0.450 e. The Morgan fingerprint density at radius 2 is 1.68 bits per heavy atom. The van der Waals surface area contributed by atoms with Crippen LogP contribution in [0.15, 0.2) is 63.8 Å². The number of methoxy groups -OCH3 is 2. The summed E-state index contributed by atoms with van der Waals surface area (Å²) in [5.41, 5.74) is 0.606. The molecule has 0 radical (unpaired) electrons. The normalized spacial score (nSPS) is 11.3. The van der Waals surface area contributed by atoms with E-state index < -0.39 is 35.4 Å². The van der Waals surface area contributed by atoms with Gasteiger partial charge in [-0.15, -0.1) is 0 Å². The largest absolute Gasteiger partial charge is 0.493 e. The van der Waals surface area contributed by atoms with Crippen molar-refractivity contribution in [3.05, 3.63) is 81.7 Å². The maximum atomic E-state index is 14.0. The zero-order valence-corrected chi connectivity index (χ0v) is 21.0. The van der Waals surface area contributed by atoms with Crippen LogP contribution in [0.4, 0.5) is 18.9 Å². The van der Waals surface area contributed by atoms with Crippen LogP contribution in [0.1, 0.15) is 16.9 Å². The molecule has 4 rings (SSSR count). The fourth-order valence-corrected chi connectivity index (χ4v) is 4.01. The maximum absolute atomic E-state index is 14.0. The first-order valence-corrected chi connectivity index (χ1v) is 11.4. The number of nitrogens with one attached hydrogen (secondary N) is 1. The zero-order chi connectivity index (χ0) is 27.6. The summed E-state index contributed by atoms with van der Waals surface area (Å²) in [6, 6.07) is 13.4. The van der Waals surface area contributed by atoms with E-state index in [1.165, 1.54) is 44.6 Å². The van der Waals surface area contributed by atoms with Gasteiger partial charge in [0.1, 0.15) is 11.3 Å². The number of amides is 1. The Balaban J connectivity index is 1.67. The molecule has 0 unspecified atom stereocenters. The molecule has 0 fully saturated rings. The molecule has 0 aliphatic heterocycles. The Bertz CT molecular complexity index is 1580. The van der Waals surface area contributed by atoms with Gasteiger partial charge in [-0.25, -0.2) is 0 Å². The van der Waals surface area contributed by atoms with Crippen LogP contribution in [0.3, 0.4) is 0 Å². The van der Waals surface area contributed by atoms with Crippen LogP contribution in [-0.4, -0.2) is 26.7 Å². The topological polar surface area (TPSA) is 87.0 Å². The molecule has 0 saturated heterocycles. The number of alkyl halides is 3. The molecule has 4 aromatic rings. The monoisotopic (exact) mass is 527 g/mol. The summed E-state index contributed by atoms with van der Waals surface area (Å²) in [6.07, 6.45) is -4.97. The van der Waals surface area contributed by atoms with E-state index >= 15 is 0 Å². The summed E-state index contributed by atoms with van der Waals surface area (Å²) >= 11 is 0. The lowest BCUT2D eigenvalue weighted by atomic mass is 10.0. The number of ether oxygens (including phenoxy) is 3. The van der Waals surface area contributed by atoms with Gasteiger partial charge in [0.15, 0.2) is 18.1 Å². The number of hydrogen-bond acceptors (Lipinski definition) is 6. The Morgan fingerprint density at radius 1 is 0.947 bits per heavy atom. The van der Waals surface area contributed by atoms with Gasteiger partial charge >= 0.3 is 6.18 Å². The van der Waals surface area contributed by atoms with Gasteiger partial charge in [0.2, 0.25) is 11.2 Å². The van der Waals surface area contributed by atoms with Gasteiger partial charge in [-0.3, -0.25) is 9.59 Å². The Labute approximate surface area is 215 Å². The van der Waals surface area contributed by atoms with Crippen molar-refractivity contribution in [2.45, 2.75) is 20.0 Å². The lowest BCUT2D eigenvalue weighted by Crippen LogP contribution is -2.20. The fourth-order valence-electron chi connectivity index (χ4n) is 4.01. The molecule has 7 nitrogen and oxygen atoms in total. The van der Waals surface area contributed by atoms with Crippen molar-refractivity contribution in [1.29, 1.82) is 0 Å². The molecule has 0 spiro atoms. The third-order valence-corrected chi connectivity index (χ3v) is 5.82. The first-order chi connectivity index (χ1) is 18.0. The Kier molecular flexibility index (Phi) is 7.34. The second-order valence-corrected chi connectivity index (χ2v) is 8.52. The highest BCUT2D eigenvalue weighted by Crippen LogP contribution is 2.40. The van der Waals surface area contributed by atoms with Crippen molar-refractivity contribution in [1.82, 2.24) is 0 Å². The fraction of sp³-hybridized carbons (Fsp3) is 0.214. The average molecular weight is 527 g/mol. The SMILES string of the molecule is COc1ccc(-c2c(C(F)(F)F)oc3cc(OCC(=O)Nc4ccc(C)cc4C)ccc3c2=O)cc1OC. The minimum atomic E-state index is -4.97. The highest BCUT2D eigenvalue weighted by molar-refractivity contribution is 5.92. The van der Waals surface area contributed by atoms with Crippen molar-refractivity contribution < 1.29 is 36.6 Å². The summed E-state index contributed by atoms with van der Waals surface area (Å²) in [5, 5.41) is 2.63. The van der Waals surface area contributed by atoms with Gasteiger partial charge in [-0.2, -0.15) is 13.2 Å². The van der Waals surface area contributed by atoms with Crippen LogP contribution in [0.2, 0.25) is 0 Å². The minimum Gasteiger partial charge on any atom is -0.493 e. The molecule has 1 heterocycles. The van der Waals surface area contributed by atoms with Gasteiger partial charge in [-0.1, -0.05) is 23.8 Å². The molecule has 3 aromatic carbocycles. The number of rotatable bonds is 7. The van der Waals surface area contributed by atoms with E-state index in [1.54, 1.807) is 6.07 Å².